The van der Waals surface area contributed by atoms with Gasteiger partial charge in [-0.05, 0) is 25.1 Å². The molecular weight excluding hydrogens is 204 g/mol. The van der Waals surface area contributed by atoms with E-state index in [0.717, 1.165) is 0 Å². The predicted octanol–water partition coefficient (Wildman–Crippen LogP) is 2.32. The van der Waals surface area contributed by atoms with Gasteiger partial charge >= 0.3 is 0 Å². The zero-order valence-corrected chi connectivity index (χ0v) is 8.87. The van der Waals surface area contributed by atoms with E-state index in [9.17, 15) is 5.11 Å². The highest BCUT2D eigenvalue weighted by Gasteiger charge is 2.03. The highest BCUT2D eigenvalue weighted by Crippen LogP contribution is 2.19. The van der Waals surface area contributed by atoms with Crippen LogP contribution >= 0.6 is 0 Å². The fraction of sp³-hybridized carbons (Fsp3) is 0.167. The molecule has 0 aliphatic heterocycles. The maximum absolute atomic E-state index is 9.29. The third-order valence-corrected chi connectivity index (χ3v) is 2.05. The van der Waals surface area contributed by atoms with Crippen molar-refractivity contribution in [1.29, 1.82) is 0 Å². The quantitative estimate of drug-likeness (QED) is 0.855. The van der Waals surface area contributed by atoms with Crippen LogP contribution in [0.3, 0.4) is 0 Å². The molecule has 2 rings (SSSR count). The van der Waals surface area contributed by atoms with Crippen LogP contribution in [-0.4, -0.2) is 15.1 Å². The SMILES string of the molecule is C[C@H](O)c1ccc(Oc2ccccn2)cn1. The van der Waals surface area contributed by atoms with E-state index in [1.165, 1.54) is 0 Å². The topological polar surface area (TPSA) is 55.2 Å². The first-order chi connectivity index (χ1) is 7.75. The Morgan fingerprint density at radius 2 is 2.06 bits per heavy atom. The molecule has 0 aliphatic carbocycles. The molecule has 0 fully saturated rings. The number of hydrogen-bond acceptors (Lipinski definition) is 4. The fourth-order valence-electron chi connectivity index (χ4n) is 1.23. The molecule has 0 amide bonds. The van der Waals surface area contributed by atoms with Crippen molar-refractivity contribution >= 4 is 0 Å². The Kier molecular flexibility index (Phi) is 3.12. The fourth-order valence-corrected chi connectivity index (χ4v) is 1.23. The monoisotopic (exact) mass is 216 g/mol. The summed E-state index contributed by atoms with van der Waals surface area (Å²) < 4.78 is 5.46. The second-order valence-electron chi connectivity index (χ2n) is 3.36. The first kappa shape index (κ1) is 10.6. The van der Waals surface area contributed by atoms with Crippen molar-refractivity contribution in [2.45, 2.75) is 13.0 Å². The lowest BCUT2D eigenvalue weighted by molar-refractivity contribution is 0.194. The van der Waals surface area contributed by atoms with Gasteiger partial charge in [-0.15, -0.1) is 0 Å². The molecule has 4 heteroatoms. The van der Waals surface area contributed by atoms with Gasteiger partial charge in [-0.25, -0.2) is 4.98 Å². The number of aliphatic hydroxyl groups is 1. The third kappa shape index (κ3) is 2.55. The van der Waals surface area contributed by atoms with Crippen molar-refractivity contribution in [3.8, 4) is 11.6 Å². The summed E-state index contributed by atoms with van der Waals surface area (Å²) in [5.74, 6) is 1.12. The summed E-state index contributed by atoms with van der Waals surface area (Å²) in [5, 5.41) is 9.29. The lowest BCUT2D eigenvalue weighted by Crippen LogP contribution is -1.95. The smallest absolute Gasteiger partial charge is 0.219 e. The van der Waals surface area contributed by atoms with E-state index in [4.69, 9.17) is 4.74 Å². The minimum atomic E-state index is -0.566. The van der Waals surface area contributed by atoms with E-state index in [2.05, 4.69) is 9.97 Å². The Labute approximate surface area is 93.6 Å². The number of rotatable bonds is 3. The number of aromatic nitrogens is 2. The van der Waals surface area contributed by atoms with Crippen molar-refractivity contribution in [2.24, 2.45) is 0 Å². The standard InChI is InChI=1S/C12H12N2O2/c1-9(15)11-6-5-10(8-14-11)16-12-4-2-3-7-13-12/h2-9,15H,1H3/t9-/m0/s1. The lowest BCUT2D eigenvalue weighted by atomic mass is 10.2. The van der Waals surface area contributed by atoms with E-state index in [1.807, 2.05) is 12.1 Å². The van der Waals surface area contributed by atoms with Crippen LogP contribution in [0.15, 0.2) is 42.7 Å². The maximum Gasteiger partial charge on any atom is 0.219 e. The third-order valence-electron chi connectivity index (χ3n) is 2.05. The first-order valence-electron chi connectivity index (χ1n) is 4.98. The molecule has 0 saturated heterocycles. The Morgan fingerprint density at radius 1 is 1.19 bits per heavy atom. The zero-order valence-electron chi connectivity index (χ0n) is 8.87. The predicted molar refractivity (Wildman–Crippen MR) is 59.2 cm³/mol. The van der Waals surface area contributed by atoms with Crippen LogP contribution in [0.1, 0.15) is 18.7 Å². The summed E-state index contributed by atoms with van der Waals surface area (Å²) in [6.07, 6.45) is 2.66. The Morgan fingerprint density at radius 3 is 2.62 bits per heavy atom. The summed E-state index contributed by atoms with van der Waals surface area (Å²) >= 11 is 0. The minimum absolute atomic E-state index is 0.522. The summed E-state index contributed by atoms with van der Waals surface area (Å²) in [6, 6.07) is 8.91. The van der Waals surface area contributed by atoms with Crippen LogP contribution < -0.4 is 4.74 Å². The lowest BCUT2D eigenvalue weighted by Gasteiger charge is -2.06. The van der Waals surface area contributed by atoms with Gasteiger partial charge in [0, 0.05) is 12.3 Å². The summed E-state index contributed by atoms with van der Waals surface area (Å²) in [4.78, 5) is 8.10. The normalized spacial score (nSPS) is 12.1. The summed E-state index contributed by atoms with van der Waals surface area (Å²) in [5.41, 5.74) is 0.619. The van der Waals surface area contributed by atoms with Gasteiger partial charge in [-0.2, -0.15) is 0 Å². The van der Waals surface area contributed by atoms with Gasteiger partial charge in [-0.1, -0.05) is 6.07 Å². The summed E-state index contributed by atoms with van der Waals surface area (Å²) in [6.45, 7) is 1.67. The molecule has 1 N–H and O–H groups in total. The molecule has 0 radical (unpaired) electrons. The van der Waals surface area contributed by atoms with E-state index >= 15 is 0 Å². The van der Waals surface area contributed by atoms with Crippen molar-refractivity contribution in [3.63, 3.8) is 0 Å². The molecular formula is C12H12N2O2. The number of hydrogen-bond donors (Lipinski definition) is 1. The van der Waals surface area contributed by atoms with Crippen molar-refractivity contribution in [3.05, 3.63) is 48.4 Å². The number of nitrogens with zero attached hydrogens (tertiary/aromatic N) is 2. The van der Waals surface area contributed by atoms with Crippen LogP contribution in [0.25, 0.3) is 0 Å². The zero-order chi connectivity index (χ0) is 11.4. The molecule has 16 heavy (non-hydrogen) atoms. The van der Waals surface area contributed by atoms with E-state index in [1.54, 1.807) is 37.5 Å². The molecule has 0 bridgehead atoms. The number of aliphatic hydroxyl groups excluding tert-OH is 1. The minimum Gasteiger partial charge on any atom is -0.437 e. The molecule has 2 aromatic rings. The van der Waals surface area contributed by atoms with Crippen LogP contribution in [0.4, 0.5) is 0 Å². The van der Waals surface area contributed by atoms with Gasteiger partial charge in [-0.3, -0.25) is 4.98 Å². The van der Waals surface area contributed by atoms with Crippen LogP contribution in [0.5, 0.6) is 11.6 Å². The second kappa shape index (κ2) is 4.72. The maximum atomic E-state index is 9.29. The highest BCUT2D eigenvalue weighted by atomic mass is 16.5. The molecule has 0 aliphatic rings. The van der Waals surface area contributed by atoms with Crippen LogP contribution in [0.2, 0.25) is 0 Å². The van der Waals surface area contributed by atoms with E-state index in [-0.39, 0.29) is 0 Å². The number of ether oxygens (including phenoxy) is 1. The van der Waals surface area contributed by atoms with Crippen molar-refractivity contribution in [1.82, 2.24) is 9.97 Å². The molecule has 4 nitrogen and oxygen atoms in total. The van der Waals surface area contributed by atoms with Crippen molar-refractivity contribution in [2.75, 3.05) is 0 Å². The molecule has 0 aromatic carbocycles. The first-order valence-corrected chi connectivity index (χ1v) is 4.98. The molecule has 0 spiro atoms. The van der Waals surface area contributed by atoms with E-state index in [0.29, 0.717) is 17.3 Å². The number of pyridine rings is 2. The summed E-state index contributed by atoms with van der Waals surface area (Å²) in [7, 11) is 0. The molecule has 2 aromatic heterocycles. The molecule has 82 valence electrons. The van der Waals surface area contributed by atoms with Crippen molar-refractivity contribution < 1.29 is 9.84 Å². The molecule has 1 atom stereocenters. The Bertz CT molecular complexity index is 440. The largest absolute Gasteiger partial charge is 0.437 e. The van der Waals surface area contributed by atoms with Crippen LogP contribution in [0, 0.1) is 0 Å². The van der Waals surface area contributed by atoms with Gasteiger partial charge in [0.1, 0.15) is 5.75 Å². The molecule has 0 unspecified atom stereocenters. The average Bonchev–Trinajstić information content (AvgIpc) is 2.31. The second-order valence-corrected chi connectivity index (χ2v) is 3.36. The average molecular weight is 216 g/mol. The van der Waals surface area contributed by atoms with Gasteiger partial charge in [0.2, 0.25) is 5.88 Å². The van der Waals surface area contributed by atoms with Gasteiger partial charge < -0.3 is 9.84 Å². The Balaban J connectivity index is 2.11. The Hall–Kier alpha value is -1.94. The molecule has 2 heterocycles. The van der Waals surface area contributed by atoms with Gasteiger partial charge in [0.15, 0.2) is 0 Å². The van der Waals surface area contributed by atoms with Gasteiger partial charge in [0.25, 0.3) is 0 Å². The molecule has 0 saturated carbocycles. The van der Waals surface area contributed by atoms with E-state index < -0.39 is 6.10 Å². The van der Waals surface area contributed by atoms with Gasteiger partial charge in [0.05, 0.1) is 18.0 Å². The highest BCUT2D eigenvalue weighted by molar-refractivity contribution is 5.25. The van der Waals surface area contributed by atoms with Crippen LogP contribution in [-0.2, 0) is 0 Å².